The summed E-state index contributed by atoms with van der Waals surface area (Å²) in [5.41, 5.74) is 2.15. The second-order valence-electron chi connectivity index (χ2n) is 8.50. The third-order valence-corrected chi connectivity index (χ3v) is 8.13. The fraction of sp³-hybridized carbons (Fsp3) is 0.269. The molecule has 9 heteroatoms. The van der Waals surface area contributed by atoms with E-state index in [0.717, 1.165) is 34.7 Å². The summed E-state index contributed by atoms with van der Waals surface area (Å²) in [5, 5.41) is 2.64. The first-order chi connectivity index (χ1) is 16.8. The number of rotatable bonds is 8. The van der Waals surface area contributed by atoms with Crippen LogP contribution >= 0.6 is 11.6 Å². The normalized spacial score (nSPS) is 14.5. The van der Waals surface area contributed by atoms with Crippen LogP contribution in [0.2, 0.25) is 5.02 Å². The van der Waals surface area contributed by atoms with Gasteiger partial charge in [-0.15, -0.1) is 0 Å². The van der Waals surface area contributed by atoms with Gasteiger partial charge in [0.15, 0.2) is 0 Å². The van der Waals surface area contributed by atoms with E-state index in [9.17, 15) is 17.6 Å². The Bertz CT molecular complexity index is 1280. The molecule has 3 aromatic carbocycles. The van der Waals surface area contributed by atoms with Crippen molar-refractivity contribution in [2.75, 3.05) is 28.8 Å². The van der Waals surface area contributed by atoms with Crippen LogP contribution in [0.1, 0.15) is 31.4 Å². The standard InChI is InChI=1S/C26H27ClFN3O3S/c1-19(20-9-11-21(12-10-20)30-15-5-6-16-30)29-26(32)18-31(22-13-14-25(28)24(27)17-22)35(33,34)23-7-3-2-4-8-23/h2-4,7-14,17,19H,5-6,15-16,18H2,1H3,(H,29,32). The number of benzene rings is 3. The summed E-state index contributed by atoms with van der Waals surface area (Å²) < 4.78 is 41.5. The second-order valence-corrected chi connectivity index (χ2v) is 10.8. The molecule has 0 spiro atoms. The lowest BCUT2D eigenvalue weighted by molar-refractivity contribution is -0.120. The van der Waals surface area contributed by atoms with Crippen molar-refractivity contribution in [3.63, 3.8) is 0 Å². The van der Waals surface area contributed by atoms with E-state index >= 15 is 0 Å². The Kier molecular flexibility index (Phi) is 7.62. The zero-order valence-electron chi connectivity index (χ0n) is 19.3. The van der Waals surface area contributed by atoms with E-state index in [-0.39, 0.29) is 21.6 Å². The van der Waals surface area contributed by atoms with E-state index in [1.807, 2.05) is 31.2 Å². The molecule has 184 valence electrons. The van der Waals surface area contributed by atoms with Gasteiger partial charge in [0, 0.05) is 18.8 Å². The van der Waals surface area contributed by atoms with Crippen LogP contribution in [0.3, 0.4) is 0 Å². The summed E-state index contributed by atoms with van der Waals surface area (Å²) in [5.74, 6) is -1.18. The van der Waals surface area contributed by atoms with Crippen molar-refractivity contribution < 1.29 is 17.6 Å². The molecule has 6 nitrogen and oxygen atoms in total. The third-order valence-electron chi connectivity index (χ3n) is 6.05. The Labute approximate surface area is 210 Å². The SMILES string of the molecule is CC(NC(=O)CN(c1ccc(F)c(Cl)c1)S(=O)(=O)c1ccccc1)c1ccc(N2CCCC2)cc1. The van der Waals surface area contributed by atoms with Crippen molar-refractivity contribution >= 4 is 38.9 Å². The van der Waals surface area contributed by atoms with Crippen LogP contribution in [0.4, 0.5) is 15.8 Å². The largest absolute Gasteiger partial charge is 0.372 e. The molecular weight excluding hydrogens is 489 g/mol. The van der Waals surface area contributed by atoms with Crippen molar-refractivity contribution in [2.24, 2.45) is 0 Å². The predicted molar refractivity (Wildman–Crippen MR) is 137 cm³/mol. The number of amides is 1. The molecule has 0 aromatic heterocycles. The maximum absolute atomic E-state index is 13.7. The summed E-state index contributed by atoms with van der Waals surface area (Å²) in [4.78, 5) is 15.3. The van der Waals surface area contributed by atoms with E-state index in [2.05, 4.69) is 10.2 Å². The number of carbonyl (C=O) groups is 1. The molecule has 0 radical (unpaired) electrons. The van der Waals surface area contributed by atoms with Gasteiger partial charge in [0.25, 0.3) is 10.0 Å². The highest BCUT2D eigenvalue weighted by molar-refractivity contribution is 7.92. The first-order valence-electron chi connectivity index (χ1n) is 11.4. The molecule has 1 unspecified atom stereocenters. The molecule has 1 aliphatic heterocycles. The fourth-order valence-corrected chi connectivity index (χ4v) is 5.73. The van der Waals surface area contributed by atoms with Gasteiger partial charge >= 0.3 is 0 Å². The van der Waals surface area contributed by atoms with Gasteiger partial charge in [-0.25, -0.2) is 12.8 Å². The molecular formula is C26H27ClFN3O3S. The number of sulfonamides is 1. The van der Waals surface area contributed by atoms with Crippen LogP contribution in [-0.2, 0) is 14.8 Å². The monoisotopic (exact) mass is 515 g/mol. The summed E-state index contributed by atoms with van der Waals surface area (Å²) in [6.07, 6.45) is 2.38. The molecule has 1 fully saturated rings. The van der Waals surface area contributed by atoms with E-state index < -0.39 is 28.3 Å². The smallest absolute Gasteiger partial charge is 0.264 e. The summed E-state index contributed by atoms with van der Waals surface area (Å²) in [6, 6.07) is 19.0. The third kappa shape index (κ3) is 5.77. The maximum Gasteiger partial charge on any atom is 0.264 e. The number of halogens is 2. The van der Waals surface area contributed by atoms with Crippen molar-refractivity contribution in [3.8, 4) is 0 Å². The minimum Gasteiger partial charge on any atom is -0.372 e. The minimum absolute atomic E-state index is 0.0128. The average Bonchev–Trinajstić information content (AvgIpc) is 3.40. The van der Waals surface area contributed by atoms with E-state index in [1.54, 1.807) is 18.2 Å². The lowest BCUT2D eigenvalue weighted by Gasteiger charge is -2.25. The highest BCUT2D eigenvalue weighted by Crippen LogP contribution is 2.28. The van der Waals surface area contributed by atoms with Crippen LogP contribution in [0.5, 0.6) is 0 Å². The molecule has 1 aliphatic rings. The van der Waals surface area contributed by atoms with Gasteiger partial charge in [0.05, 0.1) is 21.6 Å². The molecule has 1 atom stereocenters. The molecule has 1 N–H and O–H groups in total. The van der Waals surface area contributed by atoms with Gasteiger partial charge in [0.1, 0.15) is 12.4 Å². The molecule has 1 heterocycles. The Morgan fingerprint density at radius 3 is 2.34 bits per heavy atom. The molecule has 3 aromatic rings. The highest BCUT2D eigenvalue weighted by Gasteiger charge is 2.28. The lowest BCUT2D eigenvalue weighted by Crippen LogP contribution is -2.41. The summed E-state index contributed by atoms with van der Waals surface area (Å²) in [6.45, 7) is 3.44. The van der Waals surface area contributed by atoms with Crippen molar-refractivity contribution in [1.82, 2.24) is 5.32 Å². The number of carbonyl (C=O) groups excluding carboxylic acids is 1. The first-order valence-corrected chi connectivity index (χ1v) is 13.2. The topological polar surface area (TPSA) is 69.7 Å². The maximum atomic E-state index is 13.7. The Morgan fingerprint density at radius 2 is 1.71 bits per heavy atom. The Balaban J connectivity index is 1.53. The van der Waals surface area contributed by atoms with E-state index in [1.165, 1.54) is 37.1 Å². The zero-order chi connectivity index (χ0) is 25.0. The van der Waals surface area contributed by atoms with Crippen LogP contribution in [0.15, 0.2) is 77.7 Å². The molecule has 0 bridgehead atoms. The first kappa shape index (κ1) is 25.0. The molecule has 35 heavy (non-hydrogen) atoms. The van der Waals surface area contributed by atoms with Gasteiger partial charge in [-0.2, -0.15) is 0 Å². The summed E-state index contributed by atoms with van der Waals surface area (Å²) in [7, 11) is -4.11. The van der Waals surface area contributed by atoms with E-state index in [4.69, 9.17) is 11.6 Å². The van der Waals surface area contributed by atoms with E-state index in [0.29, 0.717) is 0 Å². The number of hydrogen-bond donors (Lipinski definition) is 1. The van der Waals surface area contributed by atoms with Gasteiger partial charge in [-0.1, -0.05) is 41.9 Å². The highest BCUT2D eigenvalue weighted by atomic mass is 35.5. The predicted octanol–water partition coefficient (Wildman–Crippen LogP) is 5.15. The molecule has 4 rings (SSSR count). The Hall–Kier alpha value is -3.10. The van der Waals surface area contributed by atoms with Crippen molar-refractivity contribution in [2.45, 2.75) is 30.7 Å². The number of nitrogens with zero attached hydrogens (tertiary/aromatic N) is 2. The second kappa shape index (κ2) is 10.7. The quantitative estimate of drug-likeness (QED) is 0.450. The van der Waals surface area contributed by atoms with Crippen LogP contribution < -0.4 is 14.5 Å². The average molecular weight is 516 g/mol. The van der Waals surface area contributed by atoms with Crippen molar-refractivity contribution in [3.05, 3.63) is 89.2 Å². The minimum atomic E-state index is -4.11. The molecule has 1 saturated heterocycles. The van der Waals surface area contributed by atoms with Gasteiger partial charge in [-0.3, -0.25) is 9.10 Å². The fourth-order valence-electron chi connectivity index (χ4n) is 4.12. The van der Waals surface area contributed by atoms with Crippen molar-refractivity contribution in [1.29, 1.82) is 0 Å². The molecule has 0 saturated carbocycles. The van der Waals surface area contributed by atoms with Gasteiger partial charge in [-0.05, 0) is 67.8 Å². The molecule has 0 aliphatic carbocycles. The number of anilines is 2. The van der Waals surface area contributed by atoms with Gasteiger partial charge < -0.3 is 10.2 Å². The van der Waals surface area contributed by atoms with Gasteiger partial charge in [0.2, 0.25) is 5.91 Å². The lowest BCUT2D eigenvalue weighted by atomic mass is 10.1. The molecule has 1 amide bonds. The Morgan fingerprint density at radius 1 is 1.06 bits per heavy atom. The van der Waals surface area contributed by atoms with Crippen LogP contribution in [0.25, 0.3) is 0 Å². The van der Waals surface area contributed by atoms with Crippen LogP contribution in [0, 0.1) is 5.82 Å². The zero-order valence-corrected chi connectivity index (χ0v) is 20.9. The summed E-state index contributed by atoms with van der Waals surface area (Å²) >= 11 is 5.91. The number of hydrogen-bond acceptors (Lipinski definition) is 4. The van der Waals surface area contributed by atoms with Crippen LogP contribution in [-0.4, -0.2) is 34.0 Å². The number of nitrogens with one attached hydrogen (secondary N) is 1.